The molecule has 5 heteroatoms. The first-order valence-electron chi connectivity index (χ1n) is 10.5. The van der Waals surface area contributed by atoms with Crippen molar-refractivity contribution in [3.63, 3.8) is 0 Å². The highest BCUT2D eigenvalue weighted by Gasteiger charge is 2.20. The number of rotatable bonds is 8. The van der Waals surface area contributed by atoms with Crippen molar-refractivity contribution in [3.8, 4) is 17.0 Å². The van der Waals surface area contributed by atoms with Crippen molar-refractivity contribution >= 4 is 5.84 Å². The molecule has 2 atom stereocenters. The third-order valence-electron chi connectivity index (χ3n) is 5.24. The Bertz CT molecular complexity index is 820. The van der Waals surface area contributed by atoms with Gasteiger partial charge in [0.2, 0.25) is 0 Å². The standard InChI is InChI=1S/C23H32N4O/c1-4-6-7-9-18(8-5-2)21-16-22(19-11-13-20(28)14-12-19)27(26-21)23-15-10-17(3)24-25-23/h10-18,24,28H,4-9H2,1-3H3. The Morgan fingerprint density at radius 3 is 2.54 bits per heavy atom. The van der Waals surface area contributed by atoms with Gasteiger partial charge in [-0.1, -0.05) is 45.6 Å². The fraction of sp³-hybridized carbons (Fsp3) is 0.478. The van der Waals surface area contributed by atoms with Gasteiger partial charge in [-0.2, -0.15) is 10.2 Å². The number of benzene rings is 1. The predicted octanol–water partition coefficient (Wildman–Crippen LogP) is 5.43. The fourth-order valence-corrected chi connectivity index (χ4v) is 3.64. The van der Waals surface area contributed by atoms with Crippen LogP contribution in [0.1, 0.15) is 70.9 Å². The number of hydrogen-bond donors (Lipinski definition) is 2. The molecule has 0 spiro atoms. The highest BCUT2D eigenvalue weighted by atomic mass is 16.3. The summed E-state index contributed by atoms with van der Waals surface area (Å²) < 4.78 is 1.93. The predicted molar refractivity (Wildman–Crippen MR) is 116 cm³/mol. The summed E-state index contributed by atoms with van der Waals surface area (Å²) in [5.74, 6) is 1.52. The summed E-state index contributed by atoms with van der Waals surface area (Å²) in [7, 11) is 0. The van der Waals surface area contributed by atoms with Gasteiger partial charge in [0.25, 0.3) is 0 Å². The number of unbranched alkanes of at least 4 members (excludes halogenated alkanes) is 2. The average Bonchev–Trinajstić information content (AvgIpc) is 3.14. The molecule has 0 saturated carbocycles. The Labute approximate surface area is 168 Å². The number of nitrogens with one attached hydrogen (secondary N) is 1. The summed E-state index contributed by atoms with van der Waals surface area (Å²) >= 11 is 0. The van der Waals surface area contributed by atoms with Crippen LogP contribution in [0.25, 0.3) is 11.3 Å². The quantitative estimate of drug-likeness (QED) is 0.600. The molecule has 1 aromatic carbocycles. The minimum atomic E-state index is 0.220. The first kappa shape index (κ1) is 20.2. The Morgan fingerprint density at radius 1 is 1.11 bits per heavy atom. The Balaban J connectivity index is 1.98. The molecule has 2 aromatic rings. The van der Waals surface area contributed by atoms with E-state index in [1.165, 1.54) is 25.7 Å². The lowest BCUT2D eigenvalue weighted by Crippen LogP contribution is -2.27. The van der Waals surface area contributed by atoms with Gasteiger partial charge in [-0.25, -0.2) is 4.68 Å². The maximum absolute atomic E-state index is 9.67. The van der Waals surface area contributed by atoms with Gasteiger partial charge >= 0.3 is 0 Å². The van der Waals surface area contributed by atoms with Crippen molar-refractivity contribution in [2.45, 2.75) is 71.3 Å². The van der Waals surface area contributed by atoms with E-state index in [1.807, 2.05) is 22.9 Å². The van der Waals surface area contributed by atoms with Gasteiger partial charge in [0.15, 0.2) is 5.84 Å². The van der Waals surface area contributed by atoms with Gasteiger partial charge in [0, 0.05) is 11.5 Å². The molecule has 28 heavy (non-hydrogen) atoms. The molecule has 1 aliphatic heterocycles. The highest BCUT2D eigenvalue weighted by molar-refractivity contribution is 5.97. The Morgan fingerprint density at radius 2 is 1.89 bits per heavy atom. The van der Waals surface area contributed by atoms with E-state index in [9.17, 15) is 5.11 Å². The lowest BCUT2D eigenvalue weighted by Gasteiger charge is -2.15. The van der Waals surface area contributed by atoms with Crippen LogP contribution in [0.3, 0.4) is 0 Å². The molecule has 1 aliphatic rings. The smallest absolute Gasteiger partial charge is 0.173 e. The molecule has 5 nitrogen and oxygen atoms in total. The van der Waals surface area contributed by atoms with Crippen LogP contribution in [0, 0.1) is 0 Å². The molecule has 0 aliphatic carbocycles. The van der Waals surface area contributed by atoms with Crippen LogP contribution in [-0.2, 0) is 0 Å². The molecular formula is C23H32N4O. The number of aromatic nitrogens is 2. The van der Waals surface area contributed by atoms with Gasteiger partial charge < -0.3 is 10.5 Å². The molecule has 2 N–H and O–H groups in total. The van der Waals surface area contributed by atoms with E-state index in [2.05, 4.69) is 43.4 Å². The minimum absolute atomic E-state index is 0.220. The highest BCUT2D eigenvalue weighted by Crippen LogP contribution is 2.31. The maximum atomic E-state index is 9.67. The van der Waals surface area contributed by atoms with Crippen molar-refractivity contribution in [2.24, 2.45) is 5.10 Å². The molecule has 0 fully saturated rings. The molecule has 1 aromatic heterocycles. The number of hydrogen-bond acceptors (Lipinski definition) is 4. The van der Waals surface area contributed by atoms with E-state index >= 15 is 0 Å². The number of phenols is 1. The monoisotopic (exact) mass is 380 g/mol. The van der Waals surface area contributed by atoms with Crippen LogP contribution in [0.4, 0.5) is 0 Å². The lowest BCUT2D eigenvalue weighted by molar-refractivity contribution is 0.475. The molecule has 0 amide bonds. The van der Waals surface area contributed by atoms with Gasteiger partial charge in [-0.3, -0.25) is 0 Å². The first-order chi connectivity index (χ1) is 13.6. The number of allylic oxidation sites excluding steroid dienone is 1. The summed E-state index contributed by atoms with van der Waals surface area (Å²) in [5, 5.41) is 19.2. The molecule has 0 saturated heterocycles. The van der Waals surface area contributed by atoms with Crippen LogP contribution < -0.4 is 5.43 Å². The second-order valence-corrected chi connectivity index (χ2v) is 7.64. The number of phenolic OH excluding ortho intramolecular Hbond substituents is 1. The molecule has 2 unspecified atom stereocenters. The normalized spacial score (nSPS) is 17.2. The van der Waals surface area contributed by atoms with Crippen molar-refractivity contribution in [1.29, 1.82) is 0 Å². The number of nitrogens with zero attached hydrogens (tertiary/aromatic N) is 3. The zero-order chi connectivity index (χ0) is 19.9. The molecule has 2 heterocycles. The first-order valence-corrected chi connectivity index (χ1v) is 10.5. The largest absolute Gasteiger partial charge is 0.508 e. The second-order valence-electron chi connectivity index (χ2n) is 7.64. The number of hydrazone groups is 1. The van der Waals surface area contributed by atoms with Crippen LogP contribution in [0.5, 0.6) is 5.75 Å². The van der Waals surface area contributed by atoms with E-state index in [4.69, 9.17) is 5.10 Å². The van der Waals surface area contributed by atoms with Crippen LogP contribution in [-0.4, -0.2) is 26.8 Å². The van der Waals surface area contributed by atoms with Crippen molar-refractivity contribution in [1.82, 2.24) is 15.2 Å². The Kier molecular flexibility index (Phi) is 6.90. The summed E-state index contributed by atoms with van der Waals surface area (Å²) in [6.45, 7) is 6.55. The van der Waals surface area contributed by atoms with E-state index in [0.717, 1.165) is 35.6 Å². The van der Waals surface area contributed by atoms with Crippen LogP contribution in [0.15, 0.2) is 47.6 Å². The number of aromatic hydroxyl groups is 1. The maximum Gasteiger partial charge on any atom is 0.173 e. The summed E-state index contributed by atoms with van der Waals surface area (Å²) in [4.78, 5) is 0. The van der Waals surface area contributed by atoms with Crippen LogP contribution in [0.2, 0.25) is 0 Å². The Hall–Kier alpha value is -2.56. The van der Waals surface area contributed by atoms with Gasteiger partial charge in [0.05, 0.1) is 17.4 Å². The zero-order valence-electron chi connectivity index (χ0n) is 17.2. The van der Waals surface area contributed by atoms with E-state index < -0.39 is 0 Å². The van der Waals surface area contributed by atoms with E-state index in [1.54, 1.807) is 12.1 Å². The molecule has 0 radical (unpaired) electrons. The van der Waals surface area contributed by atoms with Gasteiger partial charge in [-0.15, -0.1) is 0 Å². The van der Waals surface area contributed by atoms with Crippen molar-refractivity contribution < 1.29 is 5.11 Å². The van der Waals surface area contributed by atoms with Crippen molar-refractivity contribution in [3.05, 3.63) is 48.2 Å². The minimum Gasteiger partial charge on any atom is -0.508 e. The average molecular weight is 381 g/mol. The summed E-state index contributed by atoms with van der Waals surface area (Å²) in [6, 6.07) is 9.72. The van der Waals surface area contributed by atoms with Crippen molar-refractivity contribution in [2.75, 3.05) is 0 Å². The third kappa shape index (κ3) is 4.83. The zero-order valence-corrected chi connectivity index (χ0v) is 17.2. The summed E-state index contributed by atoms with van der Waals surface area (Å²) in [6.07, 6.45) is 11.3. The summed E-state index contributed by atoms with van der Waals surface area (Å²) in [5.41, 5.74) is 6.29. The SMILES string of the molecule is CCCCCC(CCC)c1cc(-c2ccc(O)cc2)n(C2=NNC(C)C=C2)n1. The molecular weight excluding hydrogens is 348 g/mol. The lowest BCUT2D eigenvalue weighted by atomic mass is 9.93. The molecule has 3 rings (SSSR count). The third-order valence-corrected chi connectivity index (χ3v) is 5.24. The second kappa shape index (κ2) is 9.58. The van der Waals surface area contributed by atoms with Gasteiger partial charge in [0.1, 0.15) is 5.75 Å². The molecule has 0 bridgehead atoms. The van der Waals surface area contributed by atoms with E-state index in [-0.39, 0.29) is 11.8 Å². The fourth-order valence-electron chi connectivity index (χ4n) is 3.64. The van der Waals surface area contributed by atoms with E-state index in [0.29, 0.717) is 5.92 Å². The van der Waals surface area contributed by atoms with Gasteiger partial charge in [-0.05, 0) is 56.2 Å². The van der Waals surface area contributed by atoms with Crippen LogP contribution >= 0.6 is 0 Å². The molecule has 150 valence electrons. The topological polar surface area (TPSA) is 62.4 Å².